The fourth-order valence-corrected chi connectivity index (χ4v) is 2.46. The van der Waals surface area contributed by atoms with E-state index in [1.165, 1.54) is 5.56 Å². The van der Waals surface area contributed by atoms with Crippen LogP contribution in [-0.4, -0.2) is 12.1 Å². The molecule has 118 valence electrons. The van der Waals surface area contributed by atoms with Crippen LogP contribution in [0.25, 0.3) is 0 Å². The highest BCUT2D eigenvalue weighted by molar-refractivity contribution is 5.93. The number of ether oxygens (including phenoxy) is 1. The second-order valence-corrected chi connectivity index (χ2v) is 6.99. The Morgan fingerprint density at radius 3 is 1.52 bits per heavy atom. The molecule has 1 rings (SSSR count). The summed E-state index contributed by atoms with van der Waals surface area (Å²) in [6, 6.07) is 4.36. The highest BCUT2D eigenvalue weighted by atomic mass is 16.5. The first-order valence-corrected chi connectivity index (χ1v) is 8.03. The Bertz CT molecular complexity index is 467. The van der Waals surface area contributed by atoms with Crippen molar-refractivity contribution < 1.29 is 9.53 Å². The number of rotatable bonds is 5. The molecule has 0 unspecified atom stereocenters. The van der Waals surface area contributed by atoms with E-state index in [0.29, 0.717) is 17.8 Å². The van der Waals surface area contributed by atoms with Crippen LogP contribution in [0.4, 0.5) is 0 Å². The van der Waals surface area contributed by atoms with Gasteiger partial charge < -0.3 is 4.74 Å². The SMILES string of the molecule is CC(C)OC(=O)c1c(C(C)C)cc(C(C)C)cc1C(C)C. The van der Waals surface area contributed by atoms with Crippen LogP contribution in [0, 0.1) is 0 Å². The number of hydrogen-bond acceptors (Lipinski definition) is 2. The lowest BCUT2D eigenvalue weighted by molar-refractivity contribution is 0.0374. The second kappa shape index (κ2) is 7.11. The zero-order chi connectivity index (χ0) is 16.3. The molecule has 0 heterocycles. The van der Waals surface area contributed by atoms with E-state index < -0.39 is 0 Å². The van der Waals surface area contributed by atoms with E-state index in [-0.39, 0.29) is 12.1 Å². The van der Waals surface area contributed by atoms with Gasteiger partial charge in [-0.05, 0) is 48.3 Å². The van der Waals surface area contributed by atoms with Crippen molar-refractivity contribution in [2.45, 2.75) is 79.2 Å². The van der Waals surface area contributed by atoms with Crippen molar-refractivity contribution in [1.29, 1.82) is 0 Å². The lowest BCUT2D eigenvalue weighted by Gasteiger charge is -2.22. The van der Waals surface area contributed by atoms with Crippen LogP contribution in [0.2, 0.25) is 0 Å². The first-order chi connectivity index (χ1) is 9.65. The highest BCUT2D eigenvalue weighted by Crippen LogP contribution is 2.32. The predicted molar refractivity (Wildman–Crippen MR) is 89.3 cm³/mol. The summed E-state index contributed by atoms with van der Waals surface area (Å²) in [6.45, 7) is 16.7. The highest BCUT2D eigenvalue weighted by Gasteiger charge is 2.23. The van der Waals surface area contributed by atoms with Crippen molar-refractivity contribution in [3.63, 3.8) is 0 Å². The third kappa shape index (κ3) is 4.33. The molecule has 0 fully saturated rings. The first-order valence-electron chi connectivity index (χ1n) is 8.03. The van der Waals surface area contributed by atoms with E-state index in [0.717, 1.165) is 16.7 Å². The van der Waals surface area contributed by atoms with Crippen molar-refractivity contribution in [3.05, 3.63) is 34.4 Å². The molecule has 0 aliphatic rings. The zero-order valence-electron chi connectivity index (χ0n) is 14.8. The van der Waals surface area contributed by atoms with Gasteiger partial charge in [0.1, 0.15) is 0 Å². The van der Waals surface area contributed by atoms with Crippen LogP contribution in [0.15, 0.2) is 12.1 Å². The molecule has 0 amide bonds. The quantitative estimate of drug-likeness (QED) is 0.658. The number of benzene rings is 1. The Balaban J connectivity index is 3.53. The van der Waals surface area contributed by atoms with Crippen LogP contribution in [0.5, 0.6) is 0 Å². The Morgan fingerprint density at radius 1 is 0.810 bits per heavy atom. The third-order valence-corrected chi connectivity index (χ3v) is 3.68. The lowest BCUT2D eigenvalue weighted by Crippen LogP contribution is -2.17. The maximum absolute atomic E-state index is 12.6. The smallest absolute Gasteiger partial charge is 0.338 e. The van der Waals surface area contributed by atoms with Gasteiger partial charge in [0.2, 0.25) is 0 Å². The normalized spacial score (nSPS) is 11.8. The standard InChI is InChI=1S/C19H30O2/c1-11(2)15-9-16(12(3)4)18(17(10-15)13(5)6)19(20)21-14(7)8/h9-14H,1-8H3. The minimum Gasteiger partial charge on any atom is -0.459 e. The van der Waals surface area contributed by atoms with E-state index in [1.54, 1.807) is 0 Å². The monoisotopic (exact) mass is 290 g/mol. The van der Waals surface area contributed by atoms with Gasteiger partial charge in [-0.3, -0.25) is 0 Å². The number of carbonyl (C=O) groups is 1. The molecule has 1 aromatic rings. The van der Waals surface area contributed by atoms with Crippen molar-refractivity contribution in [2.75, 3.05) is 0 Å². The van der Waals surface area contributed by atoms with E-state index in [9.17, 15) is 4.79 Å². The summed E-state index contributed by atoms with van der Waals surface area (Å²) in [4.78, 5) is 12.6. The molecule has 0 aromatic heterocycles. The van der Waals surface area contributed by atoms with E-state index in [2.05, 4.69) is 53.7 Å². The van der Waals surface area contributed by atoms with Crippen molar-refractivity contribution in [2.24, 2.45) is 0 Å². The minimum atomic E-state index is -0.187. The maximum atomic E-state index is 12.6. The summed E-state index contributed by atoms with van der Waals surface area (Å²) < 4.78 is 5.48. The van der Waals surface area contributed by atoms with Crippen LogP contribution in [0.3, 0.4) is 0 Å². The lowest BCUT2D eigenvalue weighted by atomic mass is 9.84. The fourth-order valence-electron chi connectivity index (χ4n) is 2.46. The number of hydrogen-bond donors (Lipinski definition) is 0. The van der Waals surface area contributed by atoms with Gasteiger partial charge >= 0.3 is 5.97 Å². The van der Waals surface area contributed by atoms with Crippen LogP contribution in [0.1, 0.15) is 100 Å². The van der Waals surface area contributed by atoms with Crippen LogP contribution in [-0.2, 0) is 4.74 Å². The topological polar surface area (TPSA) is 26.3 Å². The Kier molecular flexibility index (Phi) is 6.00. The summed E-state index contributed by atoms with van der Waals surface area (Å²) >= 11 is 0. The Morgan fingerprint density at radius 2 is 1.24 bits per heavy atom. The van der Waals surface area contributed by atoms with Crippen molar-refractivity contribution in [3.8, 4) is 0 Å². The molecule has 0 aliphatic carbocycles. The summed E-state index contributed by atoms with van der Waals surface area (Å²) in [5.74, 6) is 0.870. The maximum Gasteiger partial charge on any atom is 0.338 e. The zero-order valence-corrected chi connectivity index (χ0v) is 14.8. The number of carbonyl (C=O) groups excluding carboxylic acids is 1. The second-order valence-electron chi connectivity index (χ2n) is 6.99. The molecule has 0 saturated carbocycles. The molecular formula is C19H30O2. The summed E-state index contributed by atoms with van der Waals surface area (Å²) in [5, 5.41) is 0. The molecule has 2 nitrogen and oxygen atoms in total. The van der Waals surface area contributed by atoms with Gasteiger partial charge in [0.15, 0.2) is 0 Å². The molecule has 1 aromatic carbocycles. The molecule has 0 atom stereocenters. The predicted octanol–water partition coefficient (Wildman–Crippen LogP) is 5.62. The average Bonchev–Trinajstić information content (AvgIpc) is 2.35. The molecule has 0 N–H and O–H groups in total. The van der Waals surface area contributed by atoms with E-state index in [1.807, 2.05) is 13.8 Å². The van der Waals surface area contributed by atoms with Gasteiger partial charge in [0.25, 0.3) is 0 Å². The largest absolute Gasteiger partial charge is 0.459 e. The summed E-state index contributed by atoms with van der Waals surface area (Å²) in [5.41, 5.74) is 4.28. The summed E-state index contributed by atoms with van der Waals surface area (Å²) in [7, 11) is 0. The Labute approximate surface area is 129 Å². The average molecular weight is 290 g/mol. The summed E-state index contributed by atoms with van der Waals surface area (Å²) in [6.07, 6.45) is -0.0951. The first kappa shape index (κ1) is 17.7. The Hall–Kier alpha value is -1.31. The van der Waals surface area contributed by atoms with Gasteiger partial charge in [-0.25, -0.2) is 4.79 Å². The molecule has 0 saturated heterocycles. The number of esters is 1. The molecule has 2 heteroatoms. The third-order valence-electron chi connectivity index (χ3n) is 3.68. The van der Waals surface area contributed by atoms with Gasteiger partial charge in [0, 0.05) is 0 Å². The molecular weight excluding hydrogens is 260 g/mol. The van der Waals surface area contributed by atoms with Crippen LogP contribution >= 0.6 is 0 Å². The molecule has 0 aliphatic heterocycles. The van der Waals surface area contributed by atoms with Gasteiger partial charge in [-0.15, -0.1) is 0 Å². The van der Waals surface area contributed by atoms with E-state index in [4.69, 9.17) is 4.74 Å². The molecule has 0 radical (unpaired) electrons. The molecule has 0 bridgehead atoms. The van der Waals surface area contributed by atoms with Gasteiger partial charge in [-0.1, -0.05) is 53.7 Å². The van der Waals surface area contributed by atoms with Crippen molar-refractivity contribution in [1.82, 2.24) is 0 Å². The fraction of sp³-hybridized carbons (Fsp3) is 0.632. The van der Waals surface area contributed by atoms with Crippen molar-refractivity contribution >= 4 is 5.97 Å². The van der Waals surface area contributed by atoms with Gasteiger partial charge in [0.05, 0.1) is 11.7 Å². The molecule has 21 heavy (non-hydrogen) atoms. The minimum absolute atomic E-state index is 0.0951. The van der Waals surface area contributed by atoms with E-state index >= 15 is 0 Å². The van der Waals surface area contributed by atoms with Crippen LogP contribution < -0.4 is 0 Å². The van der Waals surface area contributed by atoms with Gasteiger partial charge in [-0.2, -0.15) is 0 Å². The molecule has 0 spiro atoms.